The number of aromatic nitrogens is 1. The highest BCUT2D eigenvalue weighted by molar-refractivity contribution is 7.10. The summed E-state index contributed by atoms with van der Waals surface area (Å²) < 4.78 is 5.88. The normalized spacial score (nSPS) is 12.0. The molecule has 0 unspecified atom stereocenters. The van der Waals surface area contributed by atoms with Gasteiger partial charge in [0.25, 0.3) is 0 Å². The van der Waals surface area contributed by atoms with Gasteiger partial charge in [0.15, 0.2) is 6.10 Å². The SMILES string of the molecule is O=C(O[C@H](c1cccs1)c1nccc2ccccc12)c1ccccc1. The van der Waals surface area contributed by atoms with Crippen molar-refractivity contribution < 1.29 is 9.53 Å². The van der Waals surface area contributed by atoms with Crippen LogP contribution in [0.25, 0.3) is 10.8 Å². The molecule has 25 heavy (non-hydrogen) atoms. The first kappa shape index (κ1) is 15.5. The minimum Gasteiger partial charge on any atom is -0.446 e. The predicted octanol–water partition coefficient (Wildman–Crippen LogP) is 5.24. The maximum absolute atomic E-state index is 12.6. The largest absolute Gasteiger partial charge is 0.446 e. The lowest BCUT2D eigenvalue weighted by atomic mass is 10.1. The maximum Gasteiger partial charge on any atom is 0.339 e. The molecular weight excluding hydrogens is 330 g/mol. The van der Waals surface area contributed by atoms with E-state index in [1.54, 1.807) is 29.7 Å². The number of benzene rings is 2. The van der Waals surface area contributed by atoms with E-state index >= 15 is 0 Å². The fourth-order valence-corrected chi connectivity index (χ4v) is 3.55. The number of thiophene rings is 1. The lowest BCUT2D eigenvalue weighted by Crippen LogP contribution is -2.13. The fourth-order valence-electron chi connectivity index (χ4n) is 2.79. The summed E-state index contributed by atoms with van der Waals surface area (Å²) in [5.41, 5.74) is 1.29. The topological polar surface area (TPSA) is 39.2 Å². The van der Waals surface area contributed by atoms with Crippen molar-refractivity contribution in [2.24, 2.45) is 0 Å². The number of nitrogens with zero attached hydrogens (tertiary/aromatic N) is 1. The molecule has 0 aliphatic rings. The van der Waals surface area contributed by atoms with Gasteiger partial charge in [-0.3, -0.25) is 4.98 Å². The summed E-state index contributed by atoms with van der Waals surface area (Å²) >= 11 is 1.55. The van der Waals surface area contributed by atoms with Gasteiger partial charge >= 0.3 is 5.97 Å². The van der Waals surface area contributed by atoms with Crippen molar-refractivity contribution in [1.82, 2.24) is 4.98 Å². The molecule has 3 nitrogen and oxygen atoms in total. The zero-order valence-corrected chi connectivity index (χ0v) is 14.1. The predicted molar refractivity (Wildman–Crippen MR) is 99.8 cm³/mol. The molecule has 2 heterocycles. The van der Waals surface area contributed by atoms with Gasteiger partial charge < -0.3 is 4.74 Å². The number of pyridine rings is 1. The van der Waals surface area contributed by atoms with Gasteiger partial charge in [-0.25, -0.2) is 4.79 Å². The van der Waals surface area contributed by atoms with Crippen LogP contribution in [0.2, 0.25) is 0 Å². The van der Waals surface area contributed by atoms with Gasteiger partial charge in [-0.15, -0.1) is 11.3 Å². The minimum absolute atomic E-state index is 0.353. The standard InChI is InChI=1S/C21H15NO2S/c23-21(16-8-2-1-3-9-16)24-20(18-11-6-14-25-18)19-17-10-5-4-7-15(17)12-13-22-19/h1-14,20H/t20-/m1/s1. The molecule has 4 heteroatoms. The first-order valence-corrected chi connectivity index (χ1v) is 8.84. The van der Waals surface area contributed by atoms with Gasteiger partial charge in [0, 0.05) is 11.6 Å². The van der Waals surface area contributed by atoms with Crippen LogP contribution in [0.15, 0.2) is 84.4 Å². The summed E-state index contributed by atoms with van der Waals surface area (Å²) in [6, 6.07) is 22.9. The molecule has 0 saturated heterocycles. The molecule has 2 aromatic carbocycles. The van der Waals surface area contributed by atoms with E-state index in [0.29, 0.717) is 5.56 Å². The molecule has 122 valence electrons. The number of carbonyl (C=O) groups excluding carboxylic acids is 1. The molecular formula is C21H15NO2S. The summed E-state index contributed by atoms with van der Waals surface area (Å²) in [7, 11) is 0. The third kappa shape index (κ3) is 3.16. The second-order valence-corrected chi connectivity index (χ2v) is 6.56. The van der Waals surface area contributed by atoms with E-state index in [9.17, 15) is 4.79 Å². The Labute approximate surface area is 149 Å². The van der Waals surface area contributed by atoms with Gasteiger partial charge in [0.1, 0.15) is 0 Å². The van der Waals surface area contributed by atoms with Crippen LogP contribution in [0.4, 0.5) is 0 Å². The molecule has 1 atom stereocenters. The quantitative estimate of drug-likeness (QED) is 0.475. The number of hydrogen-bond donors (Lipinski definition) is 0. The molecule has 0 radical (unpaired) electrons. The zero-order valence-electron chi connectivity index (χ0n) is 13.3. The Hall–Kier alpha value is -2.98. The van der Waals surface area contributed by atoms with Crippen LogP contribution in [0.5, 0.6) is 0 Å². The molecule has 0 aliphatic heterocycles. The number of fused-ring (bicyclic) bond motifs is 1. The monoisotopic (exact) mass is 345 g/mol. The smallest absolute Gasteiger partial charge is 0.339 e. The number of esters is 1. The second kappa shape index (κ2) is 6.87. The van der Waals surface area contributed by atoms with E-state index < -0.39 is 6.10 Å². The Kier molecular flexibility index (Phi) is 4.27. The van der Waals surface area contributed by atoms with Crippen LogP contribution in [0.1, 0.15) is 27.0 Å². The molecule has 0 amide bonds. The van der Waals surface area contributed by atoms with Crippen LogP contribution >= 0.6 is 11.3 Å². The molecule has 4 aromatic rings. The Morgan fingerprint density at radius 3 is 2.52 bits per heavy atom. The average molecular weight is 345 g/mol. The van der Waals surface area contributed by atoms with Gasteiger partial charge in [0.2, 0.25) is 0 Å². The Morgan fingerprint density at radius 1 is 0.920 bits per heavy atom. The van der Waals surface area contributed by atoms with Crippen molar-refractivity contribution in [1.29, 1.82) is 0 Å². The Morgan fingerprint density at radius 2 is 1.72 bits per heavy atom. The Bertz CT molecular complexity index is 992. The summed E-state index contributed by atoms with van der Waals surface area (Å²) in [4.78, 5) is 18.1. The first-order valence-electron chi connectivity index (χ1n) is 7.96. The van der Waals surface area contributed by atoms with Crippen molar-refractivity contribution in [3.8, 4) is 0 Å². The third-order valence-corrected chi connectivity index (χ3v) is 4.90. The lowest BCUT2D eigenvalue weighted by molar-refractivity contribution is 0.0379. The Balaban J connectivity index is 1.78. The van der Waals surface area contributed by atoms with Crippen LogP contribution in [-0.4, -0.2) is 11.0 Å². The lowest BCUT2D eigenvalue weighted by Gasteiger charge is -2.18. The molecule has 0 fully saturated rings. The second-order valence-electron chi connectivity index (χ2n) is 5.58. The minimum atomic E-state index is -0.529. The van der Waals surface area contributed by atoms with Crippen LogP contribution in [-0.2, 0) is 4.74 Å². The van der Waals surface area contributed by atoms with Crippen molar-refractivity contribution in [2.75, 3.05) is 0 Å². The number of rotatable bonds is 4. The van der Waals surface area contributed by atoms with E-state index in [-0.39, 0.29) is 5.97 Å². The van der Waals surface area contributed by atoms with E-state index in [0.717, 1.165) is 21.3 Å². The number of carbonyl (C=O) groups is 1. The highest BCUT2D eigenvalue weighted by Crippen LogP contribution is 2.33. The summed E-state index contributed by atoms with van der Waals surface area (Å²) in [6.45, 7) is 0. The molecule has 4 rings (SSSR count). The summed E-state index contributed by atoms with van der Waals surface area (Å²) in [5.74, 6) is -0.353. The average Bonchev–Trinajstić information content (AvgIpc) is 3.21. The summed E-state index contributed by atoms with van der Waals surface area (Å²) in [6.07, 6.45) is 1.23. The van der Waals surface area contributed by atoms with Crippen molar-refractivity contribution in [3.05, 3.63) is 101 Å². The van der Waals surface area contributed by atoms with Gasteiger partial charge in [0.05, 0.1) is 16.1 Å². The van der Waals surface area contributed by atoms with Crippen molar-refractivity contribution in [2.45, 2.75) is 6.10 Å². The maximum atomic E-state index is 12.6. The molecule has 0 bridgehead atoms. The van der Waals surface area contributed by atoms with Gasteiger partial charge in [-0.2, -0.15) is 0 Å². The highest BCUT2D eigenvalue weighted by Gasteiger charge is 2.24. The van der Waals surface area contributed by atoms with Crippen LogP contribution in [0, 0.1) is 0 Å². The number of ether oxygens (including phenoxy) is 1. The summed E-state index contributed by atoms with van der Waals surface area (Å²) in [5, 5.41) is 4.04. The van der Waals surface area contributed by atoms with E-state index in [1.165, 1.54) is 0 Å². The van der Waals surface area contributed by atoms with Crippen LogP contribution < -0.4 is 0 Å². The van der Waals surface area contributed by atoms with E-state index in [2.05, 4.69) is 4.98 Å². The van der Waals surface area contributed by atoms with Crippen LogP contribution in [0.3, 0.4) is 0 Å². The molecule has 0 aliphatic carbocycles. The van der Waals surface area contributed by atoms with Gasteiger partial charge in [-0.05, 0) is 35.0 Å². The third-order valence-electron chi connectivity index (χ3n) is 3.99. The van der Waals surface area contributed by atoms with Crippen molar-refractivity contribution >= 4 is 28.1 Å². The van der Waals surface area contributed by atoms with E-state index in [4.69, 9.17) is 4.74 Å². The zero-order chi connectivity index (χ0) is 17.1. The van der Waals surface area contributed by atoms with Gasteiger partial charge in [-0.1, -0.05) is 48.5 Å². The van der Waals surface area contributed by atoms with E-state index in [1.807, 2.05) is 66.0 Å². The molecule has 0 saturated carbocycles. The molecule has 2 aromatic heterocycles. The fraction of sp³-hybridized carbons (Fsp3) is 0.0476. The number of hydrogen-bond acceptors (Lipinski definition) is 4. The molecule has 0 N–H and O–H groups in total. The highest BCUT2D eigenvalue weighted by atomic mass is 32.1. The van der Waals surface area contributed by atoms with Crippen molar-refractivity contribution in [3.63, 3.8) is 0 Å². The molecule has 0 spiro atoms. The first-order chi connectivity index (χ1) is 12.3.